The normalized spacial score (nSPS) is 13.6. The number of imidazole rings is 1. The minimum atomic E-state index is -0.645. The third kappa shape index (κ3) is 5.15. The van der Waals surface area contributed by atoms with Crippen molar-refractivity contribution in [2.75, 3.05) is 0 Å². The molecule has 7 rings (SSSR count). The van der Waals surface area contributed by atoms with E-state index < -0.39 is 17.5 Å². The van der Waals surface area contributed by atoms with Gasteiger partial charge in [0.2, 0.25) is 5.88 Å². The zero-order chi connectivity index (χ0) is 30.3. The van der Waals surface area contributed by atoms with Gasteiger partial charge in [0.1, 0.15) is 29.9 Å². The molecule has 0 radical (unpaired) electrons. The molecule has 3 heterocycles. The summed E-state index contributed by atoms with van der Waals surface area (Å²) in [5.74, 6) is -1.08. The number of para-hydroxylation sites is 2. The van der Waals surface area contributed by atoms with Gasteiger partial charge >= 0.3 is 0 Å². The molecule has 1 fully saturated rings. The van der Waals surface area contributed by atoms with Crippen LogP contribution in [0.4, 0.5) is 13.2 Å². The molecule has 0 aliphatic heterocycles. The molecule has 3 aromatic carbocycles. The van der Waals surface area contributed by atoms with Crippen LogP contribution in [0.1, 0.15) is 35.4 Å². The summed E-state index contributed by atoms with van der Waals surface area (Å²) >= 11 is 0. The van der Waals surface area contributed by atoms with Gasteiger partial charge < -0.3 is 9.30 Å². The van der Waals surface area contributed by atoms with Crippen molar-refractivity contribution in [2.45, 2.75) is 38.0 Å². The maximum Gasteiger partial charge on any atom is 0.214 e. The number of hydrogen-bond acceptors (Lipinski definition) is 6. The van der Waals surface area contributed by atoms with E-state index in [2.05, 4.69) is 19.9 Å². The van der Waals surface area contributed by atoms with Crippen LogP contribution >= 0.6 is 0 Å². The van der Waals surface area contributed by atoms with E-state index in [1.54, 1.807) is 24.4 Å². The van der Waals surface area contributed by atoms with E-state index in [4.69, 9.17) is 15.0 Å². The van der Waals surface area contributed by atoms with E-state index in [-0.39, 0.29) is 52.4 Å². The number of benzene rings is 3. The largest absolute Gasteiger partial charge is 0.473 e. The van der Waals surface area contributed by atoms with E-state index in [0.717, 1.165) is 36.0 Å². The molecule has 3 aromatic heterocycles. The SMILES string of the molecule is N#Cc1ccc(COc2cccc(-c3cc(F)c(Cc4nc5ccccc5n4CC4(n5ccnn5)CC4)cc3F)n2)c(F)c1. The Balaban J connectivity index is 1.15. The number of hydrogen-bond donors (Lipinski definition) is 0. The summed E-state index contributed by atoms with van der Waals surface area (Å²) in [5.41, 5.74) is 2.19. The number of fused-ring (bicyclic) bond motifs is 1. The Morgan fingerprint density at radius 2 is 1.73 bits per heavy atom. The minimum absolute atomic E-state index is 0.0297. The number of ether oxygens (including phenoxy) is 1. The van der Waals surface area contributed by atoms with Crippen molar-refractivity contribution in [3.8, 4) is 23.2 Å². The van der Waals surface area contributed by atoms with E-state index in [9.17, 15) is 4.39 Å². The van der Waals surface area contributed by atoms with Gasteiger partial charge in [-0.3, -0.25) is 0 Å². The Kier molecular flexibility index (Phi) is 6.81. The second-order valence-corrected chi connectivity index (χ2v) is 10.8. The molecule has 8 nitrogen and oxygen atoms in total. The molecule has 1 saturated carbocycles. The Morgan fingerprint density at radius 1 is 0.886 bits per heavy atom. The average Bonchev–Trinajstić information content (AvgIpc) is 3.44. The van der Waals surface area contributed by atoms with Crippen LogP contribution < -0.4 is 4.74 Å². The third-order valence-electron chi connectivity index (χ3n) is 7.96. The fourth-order valence-corrected chi connectivity index (χ4v) is 5.42. The lowest BCUT2D eigenvalue weighted by Gasteiger charge is -2.19. The van der Waals surface area contributed by atoms with E-state index in [1.165, 1.54) is 18.2 Å². The molecule has 44 heavy (non-hydrogen) atoms. The topological polar surface area (TPSA) is 94.4 Å². The maximum absolute atomic E-state index is 15.6. The van der Waals surface area contributed by atoms with Crippen LogP contribution in [0.3, 0.4) is 0 Å². The molecule has 0 N–H and O–H groups in total. The number of aromatic nitrogens is 6. The van der Waals surface area contributed by atoms with Gasteiger partial charge in [-0.25, -0.2) is 27.8 Å². The van der Waals surface area contributed by atoms with Gasteiger partial charge in [0.15, 0.2) is 0 Å². The molecule has 6 aromatic rings. The van der Waals surface area contributed by atoms with Crippen LogP contribution in [0.25, 0.3) is 22.3 Å². The van der Waals surface area contributed by atoms with E-state index in [1.807, 2.05) is 41.2 Å². The van der Waals surface area contributed by atoms with Crippen LogP contribution in [0.15, 0.2) is 85.2 Å². The molecule has 1 aliphatic rings. The van der Waals surface area contributed by atoms with Gasteiger partial charge in [-0.05, 0) is 60.9 Å². The summed E-state index contributed by atoms with van der Waals surface area (Å²) in [5, 5.41) is 17.1. The summed E-state index contributed by atoms with van der Waals surface area (Å²) in [6.07, 6.45) is 5.44. The molecule has 0 spiro atoms. The summed E-state index contributed by atoms with van der Waals surface area (Å²) in [4.78, 5) is 9.10. The molecule has 218 valence electrons. The Bertz CT molecular complexity index is 2050. The van der Waals surface area contributed by atoms with E-state index >= 15 is 8.78 Å². The van der Waals surface area contributed by atoms with Crippen molar-refractivity contribution < 1.29 is 17.9 Å². The van der Waals surface area contributed by atoms with Crippen LogP contribution in [0.2, 0.25) is 0 Å². The predicted molar refractivity (Wildman–Crippen MR) is 155 cm³/mol. The van der Waals surface area contributed by atoms with Crippen molar-refractivity contribution in [1.82, 2.24) is 29.5 Å². The maximum atomic E-state index is 15.6. The quantitative estimate of drug-likeness (QED) is 0.195. The highest BCUT2D eigenvalue weighted by molar-refractivity contribution is 5.76. The fourth-order valence-electron chi connectivity index (χ4n) is 5.42. The molecule has 0 amide bonds. The third-order valence-corrected chi connectivity index (χ3v) is 7.96. The number of nitriles is 1. The predicted octanol–water partition coefficient (Wildman–Crippen LogP) is 6.34. The Morgan fingerprint density at radius 3 is 2.50 bits per heavy atom. The van der Waals surface area contributed by atoms with Gasteiger partial charge in [-0.15, -0.1) is 5.10 Å². The Hall–Kier alpha value is -5.50. The molecular weight excluding hydrogens is 567 g/mol. The molecule has 0 atom stereocenters. The van der Waals surface area contributed by atoms with Gasteiger partial charge in [-0.2, -0.15) is 5.26 Å². The fraction of sp³-hybridized carbons (Fsp3) is 0.182. The minimum Gasteiger partial charge on any atom is -0.473 e. The van der Waals surface area contributed by atoms with Gasteiger partial charge in [0.25, 0.3) is 0 Å². The molecule has 0 saturated heterocycles. The highest BCUT2D eigenvalue weighted by atomic mass is 19.1. The summed E-state index contributed by atoms with van der Waals surface area (Å²) in [6, 6.07) is 20.6. The zero-order valence-electron chi connectivity index (χ0n) is 23.3. The number of rotatable bonds is 9. The van der Waals surface area contributed by atoms with Crippen molar-refractivity contribution in [3.63, 3.8) is 0 Å². The van der Waals surface area contributed by atoms with Crippen molar-refractivity contribution in [1.29, 1.82) is 5.26 Å². The second-order valence-electron chi connectivity index (χ2n) is 10.8. The van der Waals surface area contributed by atoms with Crippen molar-refractivity contribution in [3.05, 3.63) is 125 Å². The first-order valence-electron chi connectivity index (χ1n) is 14.0. The number of halogens is 3. The molecular formula is C33H24F3N7O. The highest BCUT2D eigenvalue weighted by Gasteiger charge is 2.46. The smallest absolute Gasteiger partial charge is 0.214 e. The summed E-state index contributed by atoms with van der Waals surface area (Å²) < 4.78 is 54.9. The first-order valence-corrected chi connectivity index (χ1v) is 14.0. The van der Waals surface area contributed by atoms with Gasteiger partial charge in [0.05, 0.1) is 40.1 Å². The van der Waals surface area contributed by atoms with Crippen molar-refractivity contribution >= 4 is 11.0 Å². The lowest BCUT2D eigenvalue weighted by molar-refractivity contribution is 0.288. The monoisotopic (exact) mass is 591 g/mol. The second kappa shape index (κ2) is 11.0. The molecule has 0 unspecified atom stereocenters. The molecule has 11 heteroatoms. The van der Waals surface area contributed by atoms with Gasteiger partial charge in [0, 0.05) is 36.4 Å². The van der Waals surface area contributed by atoms with Crippen LogP contribution in [-0.4, -0.2) is 29.5 Å². The summed E-state index contributed by atoms with van der Waals surface area (Å²) in [7, 11) is 0. The molecule has 0 bridgehead atoms. The highest BCUT2D eigenvalue weighted by Crippen LogP contribution is 2.45. The lowest BCUT2D eigenvalue weighted by atomic mass is 10.0. The zero-order valence-corrected chi connectivity index (χ0v) is 23.3. The van der Waals surface area contributed by atoms with Crippen LogP contribution in [0.5, 0.6) is 5.88 Å². The summed E-state index contributed by atoms with van der Waals surface area (Å²) in [6.45, 7) is 0.431. The van der Waals surface area contributed by atoms with Crippen molar-refractivity contribution in [2.24, 2.45) is 0 Å². The number of nitrogens with zero attached hydrogens (tertiary/aromatic N) is 7. The lowest BCUT2D eigenvalue weighted by Crippen LogP contribution is -2.25. The first-order chi connectivity index (χ1) is 21.4. The molecule has 1 aliphatic carbocycles. The van der Waals surface area contributed by atoms with Crippen LogP contribution in [-0.2, 0) is 25.1 Å². The Labute approximate surface area is 250 Å². The number of pyridine rings is 1. The van der Waals surface area contributed by atoms with E-state index in [0.29, 0.717) is 12.4 Å². The van der Waals surface area contributed by atoms with Gasteiger partial charge in [-0.1, -0.05) is 29.5 Å². The van der Waals surface area contributed by atoms with Crippen LogP contribution in [0, 0.1) is 28.8 Å². The standard InChI is InChI=1S/C33H24F3N7O/c34-25-14-21(18-37)8-9-22(25)19-44-32-7-3-5-28(40-32)24-17-26(35)23(15-27(24)36)16-31-39-29-4-1-2-6-30(29)42(31)20-33(10-11-33)43-13-12-38-41-43/h1-9,12-15,17H,10-11,16,19-20H2. The first kappa shape index (κ1) is 27.3. The average molecular weight is 592 g/mol.